The molecule has 0 bridgehead atoms. The first-order valence-corrected chi connectivity index (χ1v) is 14.4. The predicted molar refractivity (Wildman–Crippen MR) is 152 cm³/mol. The van der Waals surface area contributed by atoms with Gasteiger partial charge in [0.25, 0.3) is 0 Å². The molecule has 2 N–H and O–H groups in total. The van der Waals surface area contributed by atoms with Gasteiger partial charge in [0.2, 0.25) is 0 Å². The van der Waals surface area contributed by atoms with E-state index in [1.54, 1.807) is 6.08 Å². The minimum Gasteiger partial charge on any atom is -0.469 e. The van der Waals surface area contributed by atoms with Crippen LogP contribution in [-0.2, 0) is 43.0 Å². The zero-order valence-corrected chi connectivity index (χ0v) is 26.0. The summed E-state index contributed by atoms with van der Waals surface area (Å²) in [6.07, 6.45) is 2.85. The lowest BCUT2D eigenvalue weighted by molar-refractivity contribution is -0.270. The van der Waals surface area contributed by atoms with Gasteiger partial charge < -0.3 is 24.1 Å². The van der Waals surface area contributed by atoms with Crippen LogP contribution < -0.4 is 0 Å². The molecule has 0 saturated heterocycles. The molecule has 0 heterocycles. The molecule has 1 saturated carbocycles. The van der Waals surface area contributed by atoms with E-state index in [2.05, 4.69) is 18.2 Å². The first kappa shape index (κ1) is 35.4. The summed E-state index contributed by atoms with van der Waals surface area (Å²) < 4.78 is 21.8. The first-order chi connectivity index (χ1) is 19.4. The predicted octanol–water partition coefficient (Wildman–Crippen LogP) is 4.45. The van der Waals surface area contributed by atoms with Crippen LogP contribution in [0.2, 0.25) is 0 Å². The highest BCUT2D eigenvalue weighted by Gasteiger charge is 2.55. The van der Waals surface area contributed by atoms with E-state index in [4.69, 9.17) is 19.1 Å². The van der Waals surface area contributed by atoms with Gasteiger partial charge in [0.15, 0.2) is 0 Å². The average Bonchev–Trinajstić information content (AvgIpc) is 3.21. The summed E-state index contributed by atoms with van der Waals surface area (Å²) in [5.74, 6) is -2.36. The van der Waals surface area contributed by atoms with E-state index in [0.29, 0.717) is 43.3 Å². The van der Waals surface area contributed by atoms with Gasteiger partial charge in [-0.1, -0.05) is 13.5 Å². The number of aliphatic hydroxyl groups is 1. The molecule has 2 rings (SSSR count). The molecule has 0 unspecified atom stereocenters. The fraction of sp³-hybridized carbons (Fsp3) is 0.742. The van der Waals surface area contributed by atoms with Crippen LogP contribution in [0.3, 0.4) is 0 Å². The van der Waals surface area contributed by atoms with Crippen LogP contribution in [0.15, 0.2) is 23.8 Å². The maximum atomic E-state index is 12.7. The van der Waals surface area contributed by atoms with Crippen molar-refractivity contribution in [3.8, 4) is 0 Å². The van der Waals surface area contributed by atoms with Gasteiger partial charge in [-0.2, -0.15) is 0 Å². The Morgan fingerprint density at radius 2 is 1.67 bits per heavy atom. The van der Waals surface area contributed by atoms with Crippen molar-refractivity contribution in [2.75, 3.05) is 13.7 Å². The summed E-state index contributed by atoms with van der Waals surface area (Å²) in [5.41, 5.74) is -1.69. The van der Waals surface area contributed by atoms with E-state index < -0.39 is 53.2 Å². The Balaban J connectivity index is 2.45. The topological polar surface area (TPSA) is 155 Å². The zero-order valence-electron chi connectivity index (χ0n) is 26.0. The van der Waals surface area contributed by atoms with Crippen LogP contribution >= 0.6 is 0 Å². The minimum absolute atomic E-state index is 0.0572. The molecule has 1 fully saturated rings. The Kier molecular flexibility index (Phi) is 12.3. The van der Waals surface area contributed by atoms with Gasteiger partial charge in [0.05, 0.1) is 25.6 Å². The maximum absolute atomic E-state index is 12.7. The molecular weight excluding hydrogens is 548 g/mol. The molecule has 0 aromatic carbocycles. The van der Waals surface area contributed by atoms with E-state index in [1.165, 1.54) is 27.9 Å². The van der Waals surface area contributed by atoms with Crippen LogP contribution in [0, 0.1) is 17.3 Å². The SMILES string of the molecule is C=C1CC[C@H]2[C@H](C(C)(C)OC(C)=O)CC[C@]2(C)[C@@H](OC(C)=O)C=C(COC(=O)C[C@](C)(O)CC(=O)OC)CC[C@H]1OO. The van der Waals surface area contributed by atoms with Gasteiger partial charge in [-0.15, -0.1) is 0 Å². The van der Waals surface area contributed by atoms with Gasteiger partial charge in [-0.25, -0.2) is 4.89 Å². The van der Waals surface area contributed by atoms with Crippen molar-refractivity contribution in [3.63, 3.8) is 0 Å². The highest BCUT2D eigenvalue weighted by Crippen LogP contribution is 2.56. The Labute approximate surface area is 248 Å². The second-order valence-electron chi connectivity index (χ2n) is 12.7. The Morgan fingerprint density at radius 1 is 1.02 bits per heavy atom. The fourth-order valence-corrected chi connectivity index (χ4v) is 6.56. The van der Waals surface area contributed by atoms with Gasteiger partial charge in [-0.05, 0) is 82.4 Å². The number of hydrogen-bond acceptors (Lipinski definition) is 11. The Morgan fingerprint density at radius 3 is 2.24 bits per heavy atom. The number of fused-ring (bicyclic) bond motifs is 1. The zero-order chi connectivity index (χ0) is 31.9. The van der Waals surface area contributed by atoms with Crippen molar-refractivity contribution in [1.82, 2.24) is 0 Å². The molecule has 6 atom stereocenters. The maximum Gasteiger partial charge on any atom is 0.309 e. The van der Waals surface area contributed by atoms with E-state index in [-0.39, 0.29) is 30.8 Å². The van der Waals surface area contributed by atoms with E-state index in [0.717, 1.165) is 6.42 Å². The number of hydrogen-bond donors (Lipinski definition) is 2. The van der Waals surface area contributed by atoms with Crippen LogP contribution in [0.4, 0.5) is 0 Å². The van der Waals surface area contributed by atoms with Crippen molar-refractivity contribution < 1.29 is 53.4 Å². The van der Waals surface area contributed by atoms with Crippen LogP contribution in [0.1, 0.15) is 92.9 Å². The molecule has 2 aliphatic rings. The minimum atomic E-state index is -1.66. The normalized spacial score (nSPS) is 28.3. The summed E-state index contributed by atoms with van der Waals surface area (Å²) in [7, 11) is 1.19. The molecule has 238 valence electrons. The second kappa shape index (κ2) is 14.6. The molecule has 0 aliphatic heterocycles. The molecule has 42 heavy (non-hydrogen) atoms. The molecule has 0 aromatic heterocycles. The third-order valence-electron chi connectivity index (χ3n) is 8.74. The molecule has 0 aromatic rings. The number of carbonyl (C=O) groups is 4. The largest absolute Gasteiger partial charge is 0.469 e. The quantitative estimate of drug-likeness (QED) is 0.121. The van der Waals surface area contributed by atoms with Crippen LogP contribution in [0.5, 0.6) is 0 Å². The van der Waals surface area contributed by atoms with Gasteiger partial charge >= 0.3 is 23.9 Å². The summed E-state index contributed by atoms with van der Waals surface area (Å²) in [6.45, 7) is 13.9. The molecule has 0 spiro atoms. The molecule has 0 amide bonds. The number of carbonyl (C=O) groups excluding carboxylic acids is 4. The molecule has 11 heteroatoms. The van der Waals surface area contributed by atoms with Gasteiger partial charge in [0, 0.05) is 25.2 Å². The van der Waals surface area contributed by atoms with E-state index in [9.17, 15) is 29.5 Å². The second-order valence-corrected chi connectivity index (χ2v) is 12.7. The highest BCUT2D eigenvalue weighted by atomic mass is 17.1. The number of ether oxygens (including phenoxy) is 4. The Hall–Kier alpha value is -2.76. The number of methoxy groups -OCH3 is 1. The van der Waals surface area contributed by atoms with Crippen molar-refractivity contribution in [2.45, 2.75) is 116 Å². The summed E-state index contributed by atoms with van der Waals surface area (Å²) in [5, 5.41) is 20.1. The van der Waals surface area contributed by atoms with Crippen LogP contribution in [0.25, 0.3) is 0 Å². The number of esters is 4. The summed E-state index contributed by atoms with van der Waals surface area (Å²) in [4.78, 5) is 53.3. The summed E-state index contributed by atoms with van der Waals surface area (Å²) in [6, 6.07) is 0. The highest BCUT2D eigenvalue weighted by molar-refractivity contribution is 5.74. The van der Waals surface area contributed by atoms with Crippen molar-refractivity contribution in [1.29, 1.82) is 0 Å². The van der Waals surface area contributed by atoms with Crippen LogP contribution in [-0.4, -0.2) is 71.4 Å². The lowest BCUT2D eigenvalue weighted by Crippen LogP contribution is -2.45. The Bertz CT molecular complexity index is 1040. The number of rotatable bonds is 10. The summed E-state index contributed by atoms with van der Waals surface area (Å²) >= 11 is 0. The smallest absolute Gasteiger partial charge is 0.309 e. The first-order valence-electron chi connectivity index (χ1n) is 14.4. The third kappa shape index (κ3) is 9.64. The van der Waals surface area contributed by atoms with Gasteiger partial charge in [0.1, 0.15) is 24.4 Å². The monoisotopic (exact) mass is 596 g/mol. The lowest BCUT2D eigenvalue weighted by Gasteiger charge is -2.43. The van der Waals surface area contributed by atoms with E-state index >= 15 is 0 Å². The average molecular weight is 597 g/mol. The van der Waals surface area contributed by atoms with Crippen molar-refractivity contribution in [3.05, 3.63) is 23.8 Å². The molecular formula is C31H48O11. The molecule has 0 radical (unpaired) electrons. The standard InChI is InChI=1S/C31H48O11/c1-19-9-11-24-23(29(4,5)41-21(3)33)13-14-31(24,7)26(40-20(2)32)15-22(10-12-25(19)42-37)18-39-28(35)17-30(6,36)16-27(34)38-8/h15,23-26,36-37H,1,9-14,16-18H2,2-8H3/t23-,24+,25-,26+,30-,31+/m1/s1. The van der Waals surface area contributed by atoms with Gasteiger partial charge in [-0.3, -0.25) is 24.4 Å². The third-order valence-corrected chi connectivity index (χ3v) is 8.74. The lowest BCUT2D eigenvalue weighted by atomic mass is 9.67. The van der Waals surface area contributed by atoms with Crippen molar-refractivity contribution >= 4 is 23.9 Å². The molecule has 11 nitrogen and oxygen atoms in total. The fourth-order valence-electron chi connectivity index (χ4n) is 6.56. The van der Waals surface area contributed by atoms with Crippen molar-refractivity contribution in [2.24, 2.45) is 17.3 Å². The molecule has 2 aliphatic carbocycles. The van der Waals surface area contributed by atoms with E-state index in [1.807, 2.05) is 13.8 Å².